The van der Waals surface area contributed by atoms with Gasteiger partial charge in [-0.15, -0.1) is 0 Å². The summed E-state index contributed by atoms with van der Waals surface area (Å²) < 4.78 is 0.832. The molecule has 1 aliphatic rings. The molecule has 1 saturated heterocycles. The van der Waals surface area contributed by atoms with Crippen LogP contribution in [0.25, 0.3) is 0 Å². The first kappa shape index (κ1) is 20.7. The average molecular weight is 497 g/mol. The van der Waals surface area contributed by atoms with Crippen LogP contribution in [0, 0.1) is 11.3 Å². The van der Waals surface area contributed by atoms with Crippen molar-refractivity contribution in [3.05, 3.63) is 73.1 Å². The summed E-state index contributed by atoms with van der Waals surface area (Å²) in [7, 11) is 0. The molecule has 0 bridgehead atoms. The van der Waals surface area contributed by atoms with Crippen molar-refractivity contribution in [3.8, 4) is 6.07 Å². The van der Waals surface area contributed by atoms with Gasteiger partial charge in [0.05, 0.1) is 5.25 Å². The van der Waals surface area contributed by atoms with Gasteiger partial charge < -0.3 is 5.73 Å². The second-order valence-corrected chi connectivity index (χ2v) is 8.80. The third-order valence-corrected chi connectivity index (χ3v) is 6.42. The van der Waals surface area contributed by atoms with Crippen LogP contribution in [0.3, 0.4) is 0 Å². The third-order valence-electron chi connectivity index (χ3n) is 4.02. The molecule has 1 atom stereocenters. The van der Waals surface area contributed by atoms with Gasteiger partial charge in [0.25, 0.3) is 5.91 Å². The molecule has 9 heteroatoms. The van der Waals surface area contributed by atoms with E-state index in [1.54, 1.807) is 42.5 Å². The number of anilines is 1. The van der Waals surface area contributed by atoms with E-state index in [4.69, 9.17) is 28.9 Å². The summed E-state index contributed by atoms with van der Waals surface area (Å²) in [5.74, 6) is -1.16. The number of benzene rings is 2. The van der Waals surface area contributed by atoms with Crippen LogP contribution in [0.4, 0.5) is 5.69 Å². The highest BCUT2D eigenvalue weighted by atomic mass is 79.9. The Morgan fingerprint density at radius 2 is 1.93 bits per heavy atom. The molecule has 2 amide bonds. The van der Waals surface area contributed by atoms with E-state index < -0.39 is 11.2 Å². The van der Waals surface area contributed by atoms with E-state index in [1.165, 1.54) is 4.90 Å². The fourth-order valence-corrected chi connectivity index (χ4v) is 4.68. The SMILES string of the molecule is N#C/C(C(N)=O)=C1\S[C@@H](Cc2cc(Cl)ccc2Cl)C(=O)N1c1ccc(Br)cc1. The molecule has 0 radical (unpaired) electrons. The van der Waals surface area contributed by atoms with Gasteiger partial charge in [-0.3, -0.25) is 14.5 Å². The molecule has 28 heavy (non-hydrogen) atoms. The summed E-state index contributed by atoms with van der Waals surface area (Å²) in [6.45, 7) is 0. The standard InChI is InChI=1S/C19H12BrCl2N3O2S/c20-11-1-4-13(5-2-11)25-18(27)16(28-19(25)14(9-23)17(24)26)8-10-7-12(21)3-6-15(10)22/h1-7,16H,8H2,(H2,24,26)/b19-14+/t16-/m0/s1. The Morgan fingerprint density at radius 3 is 2.54 bits per heavy atom. The van der Waals surface area contributed by atoms with E-state index in [9.17, 15) is 14.9 Å². The number of hydrogen-bond acceptors (Lipinski definition) is 4. The first-order chi connectivity index (χ1) is 13.3. The molecular formula is C19H12BrCl2N3O2S. The minimum atomic E-state index is -0.888. The van der Waals surface area contributed by atoms with Crippen LogP contribution in [0.2, 0.25) is 10.0 Å². The number of nitrogens with two attached hydrogens (primary N) is 1. The van der Waals surface area contributed by atoms with Gasteiger partial charge in [0.1, 0.15) is 16.7 Å². The molecule has 0 aliphatic carbocycles. The summed E-state index contributed by atoms with van der Waals surface area (Å²) in [4.78, 5) is 26.3. The highest BCUT2D eigenvalue weighted by Gasteiger charge is 2.40. The fraction of sp³-hybridized carbons (Fsp3) is 0.105. The van der Waals surface area contributed by atoms with Crippen LogP contribution in [0.1, 0.15) is 5.56 Å². The maximum Gasteiger partial charge on any atom is 0.262 e. The molecule has 2 N–H and O–H groups in total. The zero-order chi connectivity index (χ0) is 20.4. The summed E-state index contributed by atoms with van der Waals surface area (Å²) in [5.41, 5.74) is 6.33. The van der Waals surface area contributed by atoms with Crippen LogP contribution < -0.4 is 10.6 Å². The topological polar surface area (TPSA) is 87.2 Å². The minimum Gasteiger partial charge on any atom is -0.365 e. The monoisotopic (exact) mass is 495 g/mol. The van der Waals surface area contributed by atoms with Crippen molar-refractivity contribution in [3.63, 3.8) is 0 Å². The van der Waals surface area contributed by atoms with Gasteiger partial charge >= 0.3 is 0 Å². The van der Waals surface area contributed by atoms with Gasteiger partial charge in [-0.1, -0.05) is 50.9 Å². The van der Waals surface area contributed by atoms with Crippen LogP contribution in [-0.4, -0.2) is 17.1 Å². The predicted octanol–water partition coefficient (Wildman–Crippen LogP) is 4.67. The number of primary amides is 1. The lowest BCUT2D eigenvalue weighted by Gasteiger charge is -2.18. The number of rotatable bonds is 4. The number of hydrogen-bond donors (Lipinski definition) is 1. The molecule has 0 saturated carbocycles. The highest BCUT2D eigenvalue weighted by Crippen LogP contribution is 2.42. The average Bonchev–Trinajstić information content (AvgIpc) is 2.95. The van der Waals surface area contributed by atoms with Gasteiger partial charge in [-0.2, -0.15) is 5.26 Å². The summed E-state index contributed by atoms with van der Waals surface area (Å²) in [6.07, 6.45) is 0.289. The van der Waals surface area contributed by atoms with Crippen LogP contribution in [0.5, 0.6) is 0 Å². The molecule has 2 aromatic carbocycles. The number of nitriles is 1. The molecule has 0 spiro atoms. The second-order valence-electron chi connectivity index (χ2n) is 5.85. The van der Waals surface area contributed by atoms with E-state index in [2.05, 4.69) is 15.9 Å². The molecule has 142 valence electrons. The number of carbonyl (C=O) groups is 2. The molecule has 1 fully saturated rings. The molecule has 1 heterocycles. The molecule has 3 rings (SSSR count). The summed E-state index contributed by atoms with van der Waals surface area (Å²) in [5, 5.41) is 10.0. The first-order valence-electron chi connectivity index (χ1n) is 7.96. The van der Waals surface area contributed by atoms with Crippen LogP contribution in [0.15, 0.2) is 57.5 Å². The zero-order valence-electron chi connectivity index (χ0n) is 14.2. The molecule has 0 aromatic heterocycles. The van der Waals surface area contributed by atoms with E-state index >= 15 is 0 Å². The lowest BCUT2D eigenvalue weighted by molar-refractivity contribution is -0.117. The van der Waals surface area contributed by atoms with Crippen molar-refractivity contribution in [2.24, 2.45) is 5.73 Å². The largest absolute Gasteiger partial charge is 0.365 e. The van der Waals surface area contributed by atoms with Crippen molar-refractivity contribution in [2.45, 2.75) is 11.7 Å². The van der Waals surface area contributed by atoms with Gasteiger partial charge in [0, 0.05) is 20.2 Å². The lowest BCUT2D eigenvalue weighted by Crippen LogP contribution is -2.31. The summed E-state index contributed by atoms with van der Waals surface area (Å²) in [6, 6.07) is 13.8. The Bertz CT molecular complexity index is 1030. The number of halogens is 3. The van der Waals surface area contributed by atoms with Gasteiger partial charge in [-0.25, -0.2) is 0 Å². The van der Waals surface area contributed by atoms with E-state index in [1.807, 2.05) is 6.07 Å². The van der Waals surface area contributed by atoms with Crippen molar-refractivity contribution in [2.75, 3.05) is 4.90 Å². The smallest absolute Gasteiger partial charge is 0.262 e. The van der Waals surface area contributed by atoms with Crippen molar-refractivity contribution < 1.29 is 9.59 Å². The minimum absolute atomic E-state index is 0.213. The van der Waals surface area contributed by atoms with Gasteiger partial charge in [0.15, 0.2) is 0 Å². The maximum absolute atomic E-state index is 13.2. The number of nitrogens with zero attached hydrogens (tertiary/aromatic N) is 2. The molecule has 5 nitrogen and oxygen atoms in total. The molecule has 0 unspecified atom stereocenters. The highest BCUT2D eigenvalue weighted by molar-refractivity contribution is 9.10. The van der Waals surface area contributed by atoms with Crippen molar-refractivity contribution in [1.82, 2.24) is 0 Å². The zero-order valence-corrected chi connectivity index (χ0v) is 18.1. The normalized spacial score (nSPS) is 18.1. The van der Waals surface area contributed by atoms with E-state index in [0.717, 1.165) is 16.2 Å². The fourth-order valence-electron chi connectivity index (χ4n) is 2.72. The van der Waals surface area contributed by atoms with E-state index in [-0.39, 0.29) is 22.9 Å². The van der Waals surface area contributed by atoms with Crippen LogP contribution >= 0.6 is 50.9 Å². The van der Waals surface area contributed by atoms with Crippen molar-refractivity contribution in [1.29, 1.82) is 5.26 Å². The molecule has 2 aromatic rings. The second kappa shape index (κ2) is 8.58. The third kappa shape index (κ3) is 4.20. The first-order valence-corrected chi connectivity index (χ1v) is 10.4. The van der Waals surface area contributed by atoms with Crippen molar-refractivity contribution >= 4 is 68.4 Å². The quantitative estimate of drug-likeness (QED) is 0.492. The van der Waals surface area contributed by atoms with Crippen LogP contribution in [-0.2, 0) is 16.0 Å². The Labute approximate surface area is 184 Å². The van der Waals surface area contributed by atoms with Gasteiger partial charge in [0.2, 0.25) is 5.91 Å². The maximum atomic E-state index is 13.2. The summed E-state index contributed by atoms with van der Waals surface area (Å²) >= 11 is 16.7. The molecular weight excluding hydrogens is 485 g/mol. The Balaban J connectivity index is 2.05. The number of amides is 2. The van der Waals surface area contributed by atoms with E-state index in [0.29, 0.717) is 21.3 Å². The van der Waals surface area contributed by atoms with Gasteiger partial charge in [-0.05, 0) is 54.4 Å². The lowest BCUT2D eigenvalue weighted by atomic mass is 10.1. The Kier molecular flexibility index (Phi) is 6.36. The predicted molar refractivity (Wildman–Crippen MR) is 115 cm³/mol. The Morgan fingerprint density at radius 1 is 1.25 bits per heavy atom. The molecule has 1 aliphatic heterocycles. The number of carbonyl (C=O) groups excluding carboxylic acids is 2. The number of thioether (sulfide) groups is 1. The Hall–Kier alpha value is -1.98.